The molecule has 1 aromatic rings. The van der Waals surface area contributed by atoms with E-state index in [1.54, 1.807) is 7.05 Å². The van der Waals surface area contributed by atoms with E-state index in [0.717, 1.165) is 25.0 Å². The van der Waals surface area contributed by atoms with Crippen molar-refractivity contribution in [1.82, 2.24) is 4.90 Å². The SMILES string of the molecule is Cc1c(C(=O)N(C)C2CC2)cc(S(=O)(=O)Cl)cc1[N+](=O)[O-]. The lowest BCUT2D eigenvalue weighted by molar-refractivity contribution is -0.385. The van der Waals surface area contributed by atoms with Gasteiger partial charge >= 0.3 is 0 Å². The van der Waals surface area contributed by atoms with E-state index in [2.05, 4.69) is 0 Å². The van der Waals surface area contributed by atoms with Crippen molar-refractivity contribution in [3.05, 3.63) is 33.4 Å². The molecule has 0 heterocycles. The van der Waals surface area contributed by atoms with E-state index in [-0.39, 0.29) is 17.2 Å². The second-order valence-electron chi connectivity index (χ2n) is 4.96. The third kappa shape index (κ3) is 3.16. The molecule has 9 heteroatoms. The van der Waals surface area contributed by atoms with Crippen LogP contribution in [-0.2, 0) is 9.05 Å². The molecule has 1 fully saturated rings. The summed E-state index contributed by atoms with van der Waals surface area (Å²) < 4.78 is 22.9. The van der Waals surface area contributed by atoms with E-state index >= 15 is 0 Å². The van der Waals surface area contributed by atoms with Crippen molar-refractivity contribution < 1.29 is 18.1 Å². The molecule has 0 bridgehead atoms. The molecule has 1 aromatic carbocycles. The Hall–Kier alpha value is -1.67. The number of carbonyl (C=O) groups is 1. The first-order chi connectivity index (χ1) is 9.62. The van der Waals surface area contributed by atoms with Crippen molar-refractivity contribution in [3.8, 4) is 0 Å². The van der Waals surface area contributed by atoms with E-state index in [1.807, 2.05) is 0 Å². The van der Waals surface area contributed by atoms with Crippen LogP contribution in [0.4, 0.5) is 5.69 Å². The predicted octanol–water partition coefficient (Wildman–Crippen LogP) is 2.07. The van der Waals surface area contributed by atoms with Gasteiger partial charge in [-0.3, -0.25) is 14.9 Å². The number of amides is 1. The molecule has 0 aromatic heterocycles. The van der Waals surface area contributed by atoms with E-state index in [1.165, 1.54) is 11.8 Å². The smallest absolute Gasteiger partial charge is 0.274 e. The molecular weight excluding hydrogens is 320 g/mol. The molecule has 0 spiro atoms. The molecule has 114 valence electrons. The zero-order valence-electron chi connectivity index (χ0n) is 11.4. The Kier molecular flexibility index (Phi) is 3.94. The van der Waals surface area contributed by atoms with Gasteiger partial charge in [-0.2, -0.15) is 0 Å². The average molecular weight is 333 g/mol. The molecule has 0 atom stereocenters. The van der Waals surface area contributed by atoms with Crippen LogP contribution in [0.25, 0.3) is 0 Å². The third-order valence-corrected chi connectivity index (χ3v) is 4.81. The predicted molar refractivity (Wildman–Crippen MR) is 76.0 cm³/mol. The molecular formula is C12H13ClN2O5S. The Labute approximate surface area is 126 Å². The number of hydrogen-bond acceptors (Lipinski definition) is 5. The van der Waals surface area contributed by atoms with Crippen molar-refractivity contribution in [2.75, 3.05) is 7.05 Å². The molecule has 21 heavy (non-hydrogen) atoms. The molecule has 1 saturated carbocycles. The van der Waals surface area contributed by atoms with Crippen molar-refractivity contribution in [2.45, 2.75) is 30.7 Å². The van der Waals surface area contributed by atoms with Gasteiger partial charge in [0.25, 0.3) is 20.6 Å². The fraction of sp³-hybridized carbons (Fsp3) is 0.417. The van der Waals surface area contributed by atoms with Gasteiger partial charge < -0.3 is 4.90 Å². The number of nitrogens with zero attached hydrogens (tertiary/aromatic N) is 2. The lowest BCUT2D eigenvalue weighted by Gasteiger charge is -2.18. The van der Waals surface area contributed by atoms with Gasteiger partial charge in [0.1, 0.15) is 0 Å². The number of carbonyl (C=O) groups excluding carboxylic acids is 1. The van der Waals surface area contributed by atoms with Crippen molar-refractivity contribution in [1.29, 1.82) is 0 Å². The van der Waals surface area contributed by atoms with Crippen LogP contribution in [0.2, 0.25) is 0 Å². The maximum atomic E-state index is 12.4. The van der Waals surface area contributed by atoms with Crippen molar-refractivity contribution in [2.24, 2.45) is 0 Å². The number of halogens is 1. The summed E-state index contributed by atoms with van der Waals surface area (Å²) >= 11 is 0. The number of hydrogen-bond donors (Lipinski definition) is 0. The zero-order valence-corrected chi connectivity index (χ0v) is 12.9. The Balaban J connectivity index is 2.60. The highest BCUT2D eigenvalue weighted by molar-refractivity contribution is 8.13. The Morgan fingerprint density at radius 3 is 2.43 bits per heavy atom. The molecule has 0 aliphatic heterocycles. The van der Waals surface area contributed by atoms with E-state index in [9.17, 15) is 23.3 Å². The minimum Gasteiger partial charge on any atom is -0.339 e. The summed E-state index contributed by atoms with van der Waals surface area (Å²) in [6.45, 7) is 1.41. The van der Waals surface area contributed by atoms with Crippen molar-refractivity contribution >= 4 is 31.3 Å². The van der Waals surface area contributed by atoms with Gasteiger partial charge in [-0.25, -0.2) is 8.42 Å². The van der Waals surface area contributed by atoms with Crippen LogP contribution < -0.4 is 0 Å². The maximum Gasteiger partial charge on any atom is 0.274 e. The van der Waals surface area contributed by atoms with Gasteiger partial charge in [0.2, 0.25) is 0 Å². The van der Waals surface area contributed by atoms with Gasteiger partial charge in [-0.1, -0.05) is 0 Å². The van der Waals surface area contributed by atoms with Crippen LogP contribution in [0, 0.1) is 17.0 Å². The minimum absolute atomic E-state index is 0.0159. The molecule has 2 rings (SSSR count). The highest BCUT2D eigenvalue weighted by atomic mass is 35.7. The molecule has 0 N–H and O–H groups in total. The Morgan fingerprint density at radius 1 is 1.43 bits per heavy atom. The van der Waals surface area contributed by atoms with Crippen LogP contribution >= 0.6 is 10.7 Å². The minimum atomic E-state index is -4.16. The lowest BCUT2D eigenvalue weighted by atomic mass is 10.1. The highest BCUT2D eigenvalue weighted by Crippen LogP contribution is 2.31. The quantitative estimate of drug-likeness (QED) is 0.477. The highest BCUT2D eigenvalue weighted by Gasteiger charge is 2.33. The maximum absolute atomic E-state index is 12.4. The van der Waals surface area contributed by atoms with Crippen molar-refractivity contribution in [3.63, 3.8) is 0 Å². The van der Waals surface area contributed by atoms with E-state index in [4.69, 9.17) is 10.7 Å². The summed E-state index contributed by atoms with van der Waals surface area (Å²) in [5.41, 5.74) is -0.330. The summed E-state index contributed by atoms with van der Waals surface area (Å²) in [4.78, 5) is 23.7. The first-order valence-electron chi connectivity index (χ1n) is 6.13. The normalized spacial score (nSPS) is 14.8. The summed E-state index contributed by atoms with van der Waals surface area (Å²) in [6, 6.07) is 2.06. The topological polar surface area (TPSA) is 97.6 Å². The first-order valence-corrected chi connectivity index (χ1v) is 8.44. The van der Waals surface area contributed by atoms with Gasteiger partial charge in [0.05, 0.1) is 15.4 Å². The summed E-state index contributed by atoms with van der Waals surface area (Å²) in [7, 11) is 2.67. The molecule has 0 radical (unpaired) electrons. The van der Waals surface area contributed by atoms with Crippen LogP contribution in [0.5, 0.6) is 0 Å². The molecule has 7 nitrogen and oxygen atoms in total. The fourth-order valence-electron chi connectivity index (χ4n) is 2.04. The molecule has 0 unspecified atom stereocenters. The largest absolute Gasteiger partial charge is 0.339 e. The average Bonchev–Trinajstić information content (AvgIpc) is 3.19. The van der Waals surface area contributed by atoms with Crippen LogP contribution in [0.1, 0.15) is 28.8 Å². The number of nitro groups is 1. The molecule has 1 aliphatic carbocycles. The fourth-order valence-corrected chi connectivity index (χ4v) is 2.82. The first kappa shape index (κ1) is 15.7. The number of benzene rings is 1. The van der Waals surface area contributed by atoms with Crippen LogP contribution in [0.15, 0.2) is 17.0 Å². The van der Waals surface area contributed by atoms with Crippen LogP contribution in [0.3, 0.4) is 0 Å². The van der Waals surface area contributed by atoms with Gasteiger partial charge in [0.15, 0.2) is 0 Å². The van der Waals surface area contributed by atoms with Gasteiger partial charge in [-0.15, -0.1) is 0 Å². The summed E-state index contributed by atoms with van der Waals surface area (Å²) in [5, 5.41) is 11.0. The van der Waals surface area contributed by atoms with E-state index in [0.29, 0.717) is 0 Å². The number of rotatable bonds is 4. The summed E-state index contributed by atoms with van der Waals surface area (Å²) in [5.74, 6) is -0.444. The third-order valence-electron chi connectivity index (χ3n) is 3.48. The second kappa shape index (κ2) is 5.27. The lowest BCUT2D eigenvalue weighted by Crippen LogP contribution is -2.29. The molecule has 0 saturated heterocycles. The Morgan fingerprint density at radius 2 is 2.00 bits per heavy atom. The van der Waals surface area contributed by atoms with E-state index < -0.39 is 30.5 Å². The monoisotopic (exact) mass is 332 g/mol. The zero-order chi connectivity index (χ0) is 15.9. The summed E-state index contributed by atoms with van der Waals surface area (Å²) in [6.07, 6.45) is 1.74. The van der Waals surface area contributed by atoms with Gasteiger partial charge in [0, 0.05) is 35.4 Å². The standard InChI is InChI=1S/C12H13ClN2O5S/c1-7-10(12(16)14(2)8-3-4-8)5-9(21(13,19)20)6-11(7)15(17)18/h5-6,8H,3-4H2,1-2H3. The second-order valence-corrected chi connectivity index (χ2v) is 7.52. The number of nitro benzene ring substituents is 1. The van der Waals surface area contributed by atoms with Crippen LogP contribution in [-0.4, -0.2) is 37.2 Å². The Bertz CT molecular complexity index is 727. The van der Waals surface area contributed by atoms with Gasteiger partial charge in [-0.05, 0) is 25.8 Å². The molecule has 1 amide bonds. The molecule has 1 aliphatic rings.